The van der Waals surface area contributed by atoms with Gasteiger partial charge in [-0.25, -0.2) is 13.4 Å². The van der Waals surface area contributed by atoms with E-state index in [1.54, 1.807) is 11.8 Å². The van der Waals surface area contributed by atoms with Gasteiger partial charge in [-0.05, 0) is 12.1 Å². The molecule has 5 nitrogen and oxygen atoms in total. The van der Waals surface area contributed by atoms with Crippen LogP contribution in [0.5, 0.6) is 0 Å². The number of hydrogen-bond donors (Lipinski definition) is 0. The molecule has 0 N–H and O–H groups in total. The van der Waals surface area contributed by atoms with Gasteiger partial charge in [-0.3, -0.25) is 0 Å². The lowest BCUT2D eigenvalue weighted by atomic mass is 10.4. The SMILES string of the molecule is CC1CN(S(=O)(=O)c2ccc(C#N)nc2)CCS1. The normalized spacial score (nSPS) is 21.4. The lowest BCUT2D eigenvalue weighted by Crippen LogP contribution is -2.40. The predicted molar refractivity (Wildman–Crippen MR) is 69.6 cm³/mol. The molecule has 0 bridgehead atoms. The van der Waals surface area contributed by atoms with Crippen molar-refractivity contribution >= 4 is 21.8 Å². The molecule has 96 valence electrons. The van der Waals surface area contributed by atoms with Crippen molar-refractivity contribution in [1.82, 2.24) is 9.29 Å². The van der Waals surface area contributed by atoms with Gasteiger partial charge in [-0.15, -0.1) is 0 Å². The van der Waals surface area contributed by atoms with Gasteiger partial charge in [-0.1, -0.05) is 6.92 Å². The second-order valence-corrected chi connectivity index (χ2v) is 7.52. The van der Waals surface area contributed by atoms with E-state index in [0.29, 0.717) is 18.3 Å². The number of pyridine rings is 1. The van der Waals surface area contributed by atoms with E-state index >= 15 is 0 Å². The summed E-state index contributed by atoms with van der Waals surface area (Å²) in [6.45, 7) is 3.06. The van der Waals surface area contributed by atoms with Gasteiger partial charge in [0.2, 0.25) is 10.0 Å². The molecule has 0 aliphatic carbocycles. The van der Waals surface area contributed by atoms with Crippen molar-refractivity contribution in [3.63, 3.8) is 0 Å². The molecule has 0 spiro atoms. The minimum atomic E-state index is -3.47. The van der Waals surface area contributed by atoms with Crippen LogP contribution in [0.3, 0.4) is 0 Å². The number of hydrogen-bond acceptors (Lipinski definition) is 5. The lowest BCUT2D eigenvalue weighted by molar-refractivity contribution is 0.424. The van der Waals surface area contributed by atoms with E-state index in [9.17, 15) is 8.42 Å². The molecule has 0 saturated carbocycles. The molecule has 0 aromatic carbocycles. The first-order valence-electron chi connectivity index (χ1n) is 5.52. The zero-order valence-corrected chi connectivity index (χ0v) is 11.5. The number of rotatable bonds is 2. The average Bonchev–Trinajstić information content (AvgIpc) is 2.39. The van der Waals surface area contributed by atoms with Crippen molar-refractivity contribution in [2.45, 2.75) is 17.1 Å². The molecule has 1 unspecified atom stereocenters. The average molecular weight is 283 g/mol. The fourth-order valence-corrected chi connectivity index (χ4v) is 4.45. The number of aromatic nitrogens is 1. The maximum atomic E-state index is 12.3. The van der Waals surface area contributed by atoms with Crippen LogP contribution in [0.1, 0.15) is 12.6 Å². The summed E-state index contributed by atoms with van der Waals surface area (Å²) in [4.78, 5) is 3.96. The largest absolute Gasteiger partial charge is 0.244 e. The van der Waals surface area contributed by atoms with Gasteiger partial charge in [-0.2, -0.15) is 21.3 Å². The molecule has 0 radical (unpaired) electrons. The van der Waals surface area contributed by atoms with Crippen LogP contribution in [-0.4, -0.2) is 41.8 Å². The highest BCUT2D eigenvalue weighted by molar-refractivity contribution is 8.00. The van der Waals surface area contributed by atoms with Crippen molar-refractivity contribution in [3.05, 3.63) is 24.0 Å². The van der Waals surface area contributed by atoms with Gasteiger partial charge < -0.3 is 0 Å². The van der Waals surface area contributed by atoms with Crippen molar-refractivity contribution in [3.8, 4) is 6.07 Å². The monoisotopic (exact) mass is 283 g/mol. The molecular formula is C11H13N3O2S2. The first kappa shape index (κ1) is 13.3. The molecule has 2 rings (SSSR count). The van der Waals surface area contributed by atoms with Gasteiger partial charge in [0.05, 0.1) is 0 Å². The molecule has 7 heteroatoms. The molecule has 1 fully saturated rings. The smallest absolute Gasteiger partial charge is 0.244 e. The summed E-state index contributed by atoms with van der Waals surface area (Å²) in [5.41, 5.74) is 0.219. The minimum absolute atomic E-state index is 0.153. The molecule has 0 amide bonds. The van der Waals surface area contributed by atoms with Gasteiger partial charge in [0.1, 0.15) is 16.7 Å². The summed E-state index contributed by atoms with van der Waals surface area (Å²) >= 11 is 1.77. The van der Waals surface area contributed by atoms with Gasteiger partial charge in [0, 0.05) is 30.3 Å². The second kappa shape index (κ2) is 5.26. The second-order valence-electron chi connectivity index (χ2n) is 4.04. The van der Waals surface area contributed by atoms with Gasteiger partial charge in [0.15, 0.2) is 0 Å². The third-order valence-corrected chi connectivity index (χ3v) is 5.68. The van der Waals surface area contributed by atoms with E-state index in [0.717, 1.165) is 5.75 Å². The predicted octanol–water partition coefficient (Wildman–Crippen LogP) is 1.08. The first-order valence-corrected chi connectivity index (χ1v) is 8.01. The van der Waals surface area contributed by atoms with Crippen LogP contribution < -0.4 is 0 Å². The van der Waals surface area contributed by atoms with Crippen LogP contribution in [0, 0.1) is 11.3 Å². The van der Waals surface area contributed by atoms with Crippen molar-refractivity contribution in [2.75, 3.05) is 18.8 Å². The van der Waals surface area contributed by atoms with Crippen molar-refractivity contribution in [2.24, 2.45) is 0 Å². The quantitative estimate of drug-likeness (QED) is 0.812. The molecule has 1 aromatic heterocycles. The Morgan fingerprint density at radius 2 is 2.33 bits per heavy atom. The van der Waals surface area contributed by atoms with Crippen molar-refractivity contribution < 1.29 is 8.42 Å². The molecule has 1 aliphatic rings. The van der Waals surface area contributed by atoms with Gasteiger partial charge in [0.25, 0.3) is 0 Å². The fourth-order valence-electron chi connectivity index (χ4n) is 1.75. The topological polar surface area (TPSA) is 74.1 Å². The Morgan fingerprint density at radius 1 is 1.56 bits per heavy atom. The molecule has 1 atom stereocenters. The van der Waals surface area contributed by atoms with Gasteiger partial charge >= 0.3 is 0 Å². The van der Waals surface area contributed by atoms with Crippen LogP contribution in [0.25, 0.3) is 0 Å². The van der Waals surface area contributed by atoms with E-state index in [2.05, 4.69) is 4.98 Å². The zero-order chi connectivity index (χ0) is 13.2. The fraction of sp³-hybridized carbons (Fsp3) is 0.455. The summed E-state index contributed by atoms with van der Waals surface area (Å²) in [6.07, 6.45) is 1.25. The van der Waals surface area contributed by atoms with E-state index in [4.69, 9.17) is 5.26 Å². The molecule has 1 saturated heterocycles. The summed E-state index contributed by atoms with van der Waals surface area (Å²) in [5, 5.41) is 8.95. The van der Waals surface area contributed by atoms with Crippen LogP contribution in [0.4, 0.5) is 0 Å². The summed E-state index contributed by atoms with van der Waals surface area (Å²) in [5.74, 6) is 0.810. The maximum absolute atomic E-state index is 12.3. The molecule has 1 aromatic rings. The van der Waals surface area contributed by atoms with Crippen LogP contribution in [0.15, 0.2) is 23.2 Å². The summed E-state index contributed by atoms with van der Waals surface area (Å²) < 4.78 is 26.1. The van der Waals surface area contributed by atoms with Crippen LogP contribution >= 0.6 is 11.8 Å². The van der Waals surface area contributed by atoms with Crippen LogP contribution in [-0.2, 0) is 10.0 Å². The minimum Gasteiger partial charge on any atom is -0.244 e. The first-order chi connectivity index (χ1) is 8.54. The zero-order valence-electron chi connectivity index (χ0n) is 9.91. The molecule has 2 heterocycles. The van der Waals surface area contributed by atoms with Crippen LogP contribution in [0.2, 0.25) is 0 Å². The number of thioether (sulfide) groups is 1. The third-order valence-electron chi connectivity index (χ3n) is 2.69. The Balaban J connectivity index is 2.27. The number of nitriles is 1. The standard InChI is InChI=1S/C11H13N3O2S2/c1-9-8-14(4-5-17-9)18(15,16)11-3-2-10(6-12)13-7-11/h2-3,7,9H,4-5,8H2,1H3. The van der Waals surface area contributed by atoms with E-state index in [1.165, 1.54) is 22.6 Å². The summed E-state index contributed by atoms with van der Waals surface area (Å²) in [7, 11) is -3.47. The molecule has 18 heavy (non-hydrogen) atoms. The third kappa shape index (κ3) is 2.66. The number of sulfonamides is 1. The highest BCUT2D eigenvalue weighted by atomic mass is 32.2. The molecule has 1 aliphatic heterocycles. The Kier molecular flexibility index (Phi) is 3.90. The van der Waals surface area contributed by atoms with E-state index in [-0.39, 0.29) is 10.6 Å². The Labute approximate surface area is 111 Å². The number of nitrogens with zero attached hydrogens (tertiary/aromatic N) is 3. The van der Waals surface area contributed by atoms with Crippen molar-refractivity contribution in [1.29, 1.82) is 5.26 Å². The Hall–Kier alpha value is -1.10. The Bertz CT molecular complexity index is 563. The highest BCUT2D eigenvalue weighted by Crippen LogP contribution is 2.23. The Morgan fingerprint density at radius 3 is 2.89 bits per heavy atom. The van der Waals surface area contributed by atoms with E-state index < -0.39 is 10.0 Å². The van der Waals surface area contributed by atoms with E-state index in [1.807, 2.05) is 13.0 Å². The maximum Gasteiger partial charge on any atom is 0.244 e. The lowest BCUT2D eigenvalue weighted by Gasteiger charge is -2.29. The molecular weight excluding hydrogens is 270 g/mol. The highest BCUT2D eigenvalue weighted by Gasteiger charge is 2.29. The summed E-state index contributed by atoms with van der Waals surface area (Å²) in [6, 6.07) is 4.73.